The minimum atomic E-state index is -0.839. The lowest BCUT2D eigenvalue weighted by Crippen LogP contribution is -2.49. The summed E-state index contributed by atoms with van der Waals surface area (Å²) >= 11 is 0. The third-order valence-corrected chi connectivity index (χ3v) is 7.54. The summed E-state index contributed by atoms with van der Waals surface area (Å²) in [5.74, 6) is 1.20. The molecule has 1 unspecified atom stereocenters. The molecule has 1 atom stereocenters. The smallest absolute Gasteiger partial charge is 0.178 e. The third-order valence-electron chi connectivity index (χ3n) is 7.54. The predicted octanol–water partition coefficient (Wildman–Crippen LogP) is 7.12. The molecule has 1 aromatic heterocycles. The fourth-order valence-corrected chi connectivity index (χ4v) is 5.48. The van der Waals surface area contributed by atoms with Gasteiger partial charge in [0.2, 0.25) is 0 Å². The maximum absolute atomic E-state index is 11.8. The van der Waals surface area contributed by atoms with Gasteiger partial charge in [-0.3, -0.25) is 0 Å². The van der Waals surface area contributed by atoms with Gasteiger partial charge in [-0.15, -0.1) is 0 Å². The minimum Gasteiger partial charge on any atom is -0.457 e. The SMILES string of the molecule is [B-]c1n(-c2c(C(C)C)cccc2C(C)C)c(C(O)c2ccccc2)c[n+]1-c1c(C(C)C)cccc1C(C)C. The molecule has 0 saturated heterocycles. The molecular weight excluding hydrogens is 463 g/mol. The number of para-hydroxylation sites is 2. The lowest BCUT2D eigenvalue weighted by atomic mass is 9.91. The van der Waals surface area contributed by atoms with Crippen molar-refractivity contribution in [2.24, 2.45) is 0 Å². The summed E-state index contributed by atoms with van der Waals surface area (Å²) in [6.07, 6.45) is 1.22. The predicted molar refractivity (Wildman–Crippen MR) is 160 cm³/mol. The number of aromatic nitrogens is 2. The summed E-state index contributed by atoms with van der Waals surface area (Å²) in [5, 5.41) is 11.8. The quantitative estimate of drug-likeness (QED) is 0.200. The Hall–Kier alpha value is -3.11. The topological polar surface area (TPSA) is 29.0 Å². The van der Waals surface area contributed by atoms with Crippen molar-refractivity contribution in [2.75, 3.05) is 0 Å². The van der Waals surface area contributed by atoms with Crippen LogP contribution in [0, 0.1) is 0 Å². The molecule has 3 aromatic carbocycles. The van der Waals surface area contributed by atoms with Crippen LogP contribution in [0.3, 0.4) is 0 Å². The van der Waals surface area contributed by atoms with Gasteiger partial charge in [0.1, 0.15) is 23.7 Å². The lowest BCUT2D eigenvalue weighted by Gasteiger charge is -2.23. The highest BCUT2D eigenvalue weighted by Crippen LogP contribution is 2.34. The Morgan fingerprint density at radius 2 is 1.08 bits per heavy atom. The van der Waals surface area contributed by atoms with E-state index in [1.807, 2.05) is 30.3 Å². The van der Waals surface area contributed by atoms with Gasteiger partial charge < -0.3 is 13.0 Å². The second-order valence-corrected chi connectivity index (χ2v) is 11.6. The average Bonchev–Trinajstić information content (AvgIpc) is 3.23. The molecule has 3 radical (unpaired) electrons. The van der Waals surface area contributed by atoms with Crippen LogP contribution in [0.4, 0.5) is 0 Å². The molecule has 4 aromatic rings. The van der Waals surface area contributed by atoms with Gasteiger partial charge in [-0.1, -0.05) is 122 Å². The average molecular weight is 506 g/mol. The maximum Gasteiger partial charge on any atom is 0.178 e. The molecule has 1 heterocycles. The first-order valence-electron chi connectivity index (χ1n) is 14.0. The lowest BCUT2D eigenvalue weighted by molar-refractivity contribution is -0.576. The summed E-state index contributed by atoms with van der Waals surface area (Å²) in [4.78, 5) is 0. The van der Waals surface area contributed by atoms with Crippen LogP contribution in [-0.2, 0) is 0 Å². The van der Waals surface area contributed by atoms with Gasteiger partial charge >= 0.3 is 0 Å². The number of aliphatic hydroxyl groups excluding tert-OH is 1. The van der Waals surface area contributed by atoms with Crippen molar-refractivity contribution >= 4 is 13.6 Å². The van der Waals surface area contributed by atoms with Crippen molar-refractivity contribution < 1.29 is 9.67 Å². The maximum atomic E-state index is 11.8. The van der Waals surface area contributed by atoms with Crippen molar-refractivity contribution in [1.29, 1.82) is 0 Å². The van der Waals surface area contributed by atoms with Crippen LogP contribution in [0.2, 0.25) is 0 Å². The van der Waals surface area contributed by atoms with Gasteiger partial charge in [0.05, 0.1) is 0 Å². The molecule has 4 rings (SSSR count). The summed E-state index contributed by atoms with van der Waals surface area (Å²) in [5.41, 5.74) is 9.31. The van der Waals surface area contributed by atoms with E-state index in [9.17, 15) is 5.11 Å². The van der Waals surface area contributed by atoms with E-state index < -0.39 is 6.10 Å². The number of hydrogen-bond acceptors (Lipinski definition) is 1. The monoisotopic (exact) mass is 505 g/mol. The van der Waals surface area contributed by atoms with Crippen LogP contribution < -0.4 is 10.3 Å². The molecule has 197 valence electrons. The van der Waals surface area contributed by atoms with E-state index in [0.717, 1.165) is 22.6 Å². The number of nitrogens with zero attached hydrogens (tertiary/aromatic N) is 2. The van der Waals surface area contributed by atoms with Crippen molar-refractivity contribution in [3.8, 4) is 11.4 Å². The first-order valence-corrected chi connectivity index (χ1v) is 14.0. The molecule has 0 aliphatic carbocycles. The first-order chi connectivity index (χ1) is 18.0. The zero-order valence-electron chi connectivity index (χ0n) is 24.2. The Bertz CT molecular complexity index is 1350. The van der Waals surface area contributed by atoms with E-state index >= 15 is 0 Å². The fraction of sp³-hybridized carbons (Fsp3) is 0.382. The number of aliphatic hydroxyl groups is 1. The third kappa shape index (κ3) is 5.11. The number of benzene rings is 3. The Balaban J connectivity index is 2.15. The Morgan fingerprint density at radius 3 is 1.53 bits per heavy atom. The van der Waals surface area contributed by atoms with Crippen LogP contribution in [0.25, 0.3) is 11.4 Å². The Labute approximate surface area is 230 Å². The molecule has 0 spiro atoms. The van der Waals surface area contributed by atoms with Crippen molar-refractivity contribution in [2.45, 2.75) is 85.2 Å². The summed E-state index contributed by atoms with van der Waals surface area (Å²) in [6.45, 7) is 17.8. The molecule has 0 aliphatic heterocycles. The highest BCUT2D eigenvalue weighted by molar-refractivity contribution is 6.28. The number of hydrogen-bond donors (Lipinski definition) is 1. The summed E-state index contributed by atoms with van der Waals surface area (Å²) in [7, 11) is 7.18. The zero-order valence-corrected chi connectivity index (χ0v) is 24.2. The fourth-order valence-electron chi connectivity index (χ4n) is 5.48. The second kappa shape index (κ2) is 11.3. The molecule has 0 fully saturated rings. The highest BCUT2D eigenvalue weighted by atomic mass is 16.3. The molecule has 0 saturated carbocycles. The van der Waals surface area contributed by atoms with Crippen LogP contribution in [0.1, 0.15) is 119 Å². The molecule has 0 amide bonds. The van der Waals surface area contributed by atoms with Gasteiger partial charge in [0, 0.05) is 22.3 Å². The molecule has 4 heteroatoms. The van der Waals surface area contributed by atoms with E-state index in [2.05, 4.69) is 107 Å². The van der Waals surface area contributed by atoms with Gasteiger partial charge in [-0.25, -0.2) is 9.13 Å². The molecule has 1 N–H and O–H groups in total. The standard InChI is InChI=1S/C34H42BN2O/c1-21(2)26-16-12-17-27(22(3)4)31(26)36-20-30(33(38)25-14-10-9-11-15-25)37(34(36)35)32-28(23(5)6)18-13-19-29(32)24(7)8/h9-24,33,38H,1-8H3. The minimum absolute atomic E-state index is 0.287. The molecule has 38 heavy (non-hydrogen) atoms. The largest absolute Gasteiger partial charge is 0.457 e. The van der Waals surface area contributed by atoms with E-state index in [0.29, 0.717) is 17.6 Å². The van der Waals surface area contributed by atoms with Crippen LogP contribution >= 0.6 is 0 Å². The first kappa shape index (κ1) is 27.9. The summed E-state index contributed by atoms with van der Waals surface area (Å²) in [6, 6.07) is 22.9. The zero-order chi connectivity index (χ0) is 27.7. The van der Waals surface area contributed by atoms with E-state index in [4.69, 9.17) is 7.85 Å². The van der Waals surface area contributed by atoms with Gasteiger partial charge in [-0.2, -0.15) is 0 Å². The highest BCUT2D eigenvalue weighted by Gasteiger charge is 2.30. The van der Waals surface area contributed by atoms with Gasteiger partial charge in [0.25, 0.3) is 0 Å². The van der Waals surface area contributed by atoms with E-state index in [-0.39, 0.29) is 11.8 Å². The van der Waals surface area contributed by atoms with E-state index in [1.165, 1.54) is 22.3 Å². The Kier molecular flexibility index (Phi) is 8.32. The van der Waals surface area contributed by atoms with Gasteiger partial charge in [-0.05, 0) is 35.0 Å². The molecule has 0 bridgehead atoms. The second-order valence-electron chi connectivity index (χ2n) is 11.6. The normalized spacial score (nSPS) is 12.8. The van der Waals surface area contributed by atoms with Crippen molar-refractivity contribution in [3.05, 3.63) is 106 Å². The van der Waals surface area contributed by atoms with Crippen LogP contribution in [-0.4, -0.2) is 17.5 Å². The van der Waals surface area contributed by atoms with Gasteiger partial charge in [0.15, 0.2) is 5.69 Å². The van der Waals surface area contributed by atoms with Crippen LogP contribution in [0.15, 0.2) is 72.9 Å². The molecule has 3 nitrogen and oxygen atoms in total. The molecular formula is C34H42BN2O. The van der Waals surface area contributed by atoms with Crippen molar-refractivity contribution in [1.82, 2.24) is 4.57 Å². The van der Waals surface area contributed by atoms with Crippen molar-refractivity contribution in [3.63, 3.8) is 0 Å². The van der Waals surface area contributed by atoms with Crippen LogP contribution in [0.5, 0.6) is 0 Å². The number of imidazole rings is 1. The van der Waals surface area contributed by atoms with E-state index in [1.54, 1.807) is 0 Å². The number of rotatable bonds is 8. The molecule has 0 aliphatic rings. The Morgan fingerprint density at radius 1 is 0.632 bits per heavy atom. The summed E-state index contributed by atoms with van der Waals surface area (Å²) < 4.78 is 4.23.